The van der Waals surface area contributed by atoms with E-state index in [0.717, 1.165) is 16.9 Å². The first-order valence-electron chi connectivity index (χ1n) is 5.22. The Labute approximate surface area is 113 Å². The van der Waals surface area contributed by atoms with Crippen molar-refractivity contribution in [3.8, 4) is 10.9 Å². The molecule has 0 fully saturated rings. The Morgan fingerprint density at radius 1 is 1.39 bits per heavy atom. The number of aldehydes is 1. The van der Waals surface area contributed by atoms with Crippen molar-refractivity contribution in [2.24, 2.45) is 0 Å². The zero-order valence-corrected chi connectivity index (χ0v) is 10.9. The monoisotopic (exact) mass is 283 g/mol. The summed E-state index contributed by atoms with van der Waals surface area (Å²) in [5, 5.41) is 9.28. The summed E-state index contributed by atoms with van der Waals surface area (Å²) in [4.78, 5) is 14.9. The van der Waals surface area contributed by atoms with Gasteiger partial charge in [0.25, 0.3) is 5.19 Å². The molecule has 94 valence electrons. The predicted molar refractivity (Wildman–Crippen MR) is 69.8 cm³/mol. The first-order chi connectivity index (χ1) is 8.72. The van der Waals surface area contributed by atoms with E-state index in [1.807, 2.05) is 12.1 Å². The number of nitrogens with zero attached hydrogens (tertiary/aromatic N) is 1. The molecule has 0 radical (unpaired) electrons. The van der Waals surface area contributed by atoms with Crippen LogP contribution < -0.4 is 4.74 Å². The maximum Gasteiger partial charge on any atom is 0.280 e. The van der Waals surface area contributed by atoms with Crippen molar-refractivity contribution in [1.82, 2.24) is 4.98 Å². The number of benzene rings is 1. The van der Waals surface area contributed by atoms with Crippen molar-refractivity contribution in [3.63, 3.8) is 0 Å². The summed E-state index contributed by atoms with van der Waals surface area (Å²) < 4.78 is 5.48. The van der Waals surface area contributed by atoms with Crippen LogP contribution in [0.15, 0.2) is 24.3 Å². The van der Waals surface area contributed by atoms with Crippen molar-refractivity contribution in [2.75, 3.05) is 6.61 Å². The minimum atomic E-state index is 0.116. The van der Waals surface area contributed by atoms with Crippen molar-refractivity contribution < 1.29 is 14.6 Å². The van der Waals surface area contributed by atoms with Gasteiger partial charge in [-0.3, -0.25) is 4.79 Å². The molecular formula is C12H10ClNO3S. The van der Waals surface area contributed by atoms with Crippen LogP contribution in [0, 0.1) is 0 Å². The second kappa shape index (κ2) is 5.95. The summed E-state index contributed by atoms with van der Waals surface area (Å²) in [5.74, 6) is 0.611. The topological polar surface area (TPSA) is 59.4 Å². The molecular weight excluding hydrogens is 274 g/mol. The van der Waals surface area contributed by atoms with Crippen LogP contribution in [0.1, 0.15) is 15.2 Å². The summed E-state index contributed by atoms with van der Waals surface area (Å²) in [5.41, 5.74) is 1.02. The van der Waals surface area contributed by atoms with Gasteiger partial charge >= 0.3 is 0 Å². The molecule has 0 unspecified atom stereocenters. The number of halogens is 1. The van der Waals surface area contributed by atoms with Crippen LogP contribution in [0.4, 0.5) is 0 Å². The Morgan fingerprint density at radius 3 is 2.67 bits per heavy atom. The molecule has 1 aromatic heterocycles. The fraction of sp³-hybridized carbons (Fsp3) is 0.167. The van der Waals surface area contributed by atoms with Gasteiger partial charge in [-0.25, -0.2) is 0 Å². The number of aromatic nitrogens is 1. The first kappa shape index (κ1) is 13.0. The Bertz CT molecular complexity index is 539. The van der Waals surface area contributed by atoms with E-state index in [2.05, 4.69) is 4.98 Å². The number of rotatable bonds is 5. The van der Waals surface area contributed by atoms with Gasteiger partial charge in [-0.15, -0.1) is 0 Å². The van der Waals surface area contributed by atoms with E-state index in [9.17, 15) is 4.79 Å². The van der Waals surface area contributed by atoms with Crippen LogP contribution in [0.5, 0.6) is 10.9 Å². The highest BCUT2D eigenvalue weighted by molar-refractivity contribution is 7.15. The van der Waals surface area contributed by atoms with Gasteiger partial charge in [0.1, 0.15) is 10.6 Å². The zero-order chi connectivity index (χ0) is 13.0. The van der Waals surface area contributed by atoms with Gasteiger partial charge in [-0.1, -0.05) is 35.1 Å². The van der Waals surface area contributed by atoms with E-state index in [-0.39, 0.29) is 11.8 Å². The van der Waals surface area contributed by atoms with Crippen LogP contribution in [-0.2, 0) is 6.42 Å². The third-order valence-electron chi connectivity index (χ3n) is 2.23. The lowest BCUT2D eigenvalue weighted by Gasteiger charge is -2.02. The van der Waals surface area contributed by atoms with Crippen molar-refractivity contribution >= 4 is 29.2 Å². The normalized spacial score (nSPS) is 10.3. The summed E-state index contributed by atoms with van der Waals surface area (Å²) in [7, 11) is 0. The standard InChI is InChI=1S/C12H10ClNO3S/c13-11-10(7-16)18-12(14-11)17-9-3-1-8(2-4-9)5-6-15/h1-4,7,15H,5-6H2. The highest BCUT2D eigenvalue weighted by Crippen LogP contribution is 2.30. The van der Waals surface area contributed by atoms with Gasteiger partial charge in [0.2, 0.25) is 0 Å². The number of carbonyl (C=O) groups is 1. The van der Waals surface area contributed by atoms with E-state index in [1.165, 1.54) is 0 Å². The molecule has 18 heavy (non-hydrogen) atoms. The molecule has 0 aliphatic heterocycles. The van der Waals surface area contributed by atoms with E-state index in [1.54, 1.807) is 12.1 Å². The molecule has 0 bridgehead atoms. The number of ether oxygens (including phenoxy) is 1. The first-order valence-corrected chi connectivity index (χ1v) is 6.41. The van der Waals surface area contributed by atoms with Gasteiger partial charge in [0, 0.05) is 6.61 Å². The molecule has 0 amide bonds. The van der Waals surface area contributed by atoms with Crippen LogP contribution in [0.3, 0.4) is 0 Å². The van der Waals surface area contributed by atoms with Gasteiger partial charge in [-0.2, -0.15) is 4.98 Å². The molecule has 0 aliphatic rings. The highest BCUT2D eigenvalue weighted by Gasteiger charge is 2.10. The molecule has 2 rings (SSSR count). The van der Waals surface area contributed by atoms with Gasteiger partial charge in [0.15, 0.2) is 11.4 Å². The van der Waals surface area contributed by atoms with Gasteiger partial charge in [0.05, 0.1) is 0 Å². The molecule has 1 heterocycles. The number of hydrogen-bond acceptors (Lipinski definition) is 5. The van der Waals surface area contributed by atoms with Crippen LogP contribution >= 0.6 is 22.9 Å². The lowest BCUT2D eigenvalue weighted by Crippen LogP contribution is -1.90. The zero-order valence-electron chi connectivity index (χ0n) is 9.30. The van der Waals surface area contributed by atoms with Crippen LogP contribution in [-0.4, -0.2) is 23.0 Å². The minimum absolute atomic E-state index is 0.116. The molecule has 0 saturated heterocycles. The van der Waals surface area contributed by atoms with E-state index in [0.29, 0.717) is 28.5 Å². The second-order valence-corrected chi connectivity index (χ2v) is 4.82. The number of aliphatic hydroxyl groups excluding tert-OH is 1. The fourth-order valence-corrected chi connectivity index (χ4v) is 2.29. The lowest BCUT2D eigenvalue weighted by molar-refractivity contribution is 0.112. The average molecular weight is 284 g/mol. The Hall–Kier alpha value is -1.43. The van der Waals surface area contributed by atoms with Crippen molar-refractivity contribution in [2.45, 2.75) is 6.42 Å². The van der Waals surface area contributed by atoms with Crippen LogP contribution in [0.2, 0.25) is 5.15 Å². The average Bonchev–Trinajstić information content (AvgIpc) is 2.72. The van der Waals surface area contributed by atoms with Crippen molar-refractivity contribution in [1.29, 1.82) is 0 Å². The molecule has 0 saturated carbocycles. The molecule has 0 spiro atoms. The van der Waals surface area contributed by atoms with Crippen LogP contribution in [0.25, 0.3) is 0 Å². The summed E-state index contributed by atoms with van der Waals surface area (Å²) >= 11 is 6.83. The SMILES string of the molecule is O=Cc1sc(Oc2ccc(CCO)cc2)nc1Cl. The Kier molecular flexibility index (Phi) is 4.30. The number of hydrogen-bond donors (Lipinski definition) is 1. The molecule has 2 aromatic rings. The van der Waals surface area contributed by atoms with Gasteiger partial charge in [-0.05, 0) is 24.1 Å². The molecule has 0 aliphatic carbocycles. The fourth-order valence-electron chi connectivity index (χ4n) is 1.36. The number of thiazole rings is 1. The highest BCUT2D eigenvalue weighted by atomic mass is 35.5. The van der Waals surface area contributed by atoms with E-state index >= 15 is 0 Å². The quantitative estimate of drug-likeness (QED) is 0.857. The minimum Gasteiger partial charge on any atom is -0.431 e. The molecule has 0 atom stereocenters. The predicted octanol–water partition coefficient (Wildman–Crippen LogP) is 2.94. The maximum absolute atomic E-state index is 10.6. The molecule has 1 aromatic carbocycles. The lowest BCUT2D eigenvalue weighted by atomic mass is 10.1. The third-order valence-corrected chi connectivity index (χ3v) is 3.48. The Morgan fingerprint density at radius 2 is 2.11 bits per heavy atom. The number of aliphatic hydroxyl groups is 1. The second-order valence-electron chi connectivity index (χ2n) is 3.47. The Balaban J connectivity index is 2.10. The summed E-state index contributed by atoms with van der Waals surface area (Å²) in [6, 6.07) is 7.28. The summed E-state index contributed by atoms with van der Waals surface area (Å²) in [6.45, 7) is 0.116. The van der Waals surface area contributed by atoms with Crippen molar-refractivity contribution in [3.05, 3.63) is 39.9 Å². The molecule has 1 N–H and O–H groups in total. The maximum atomic E-state index is 10.6. The van der Waals surface area contributed by atoms with E-state index < -0.39 is 0 Å². The van der Waals surface area contributed by atoms with Gasteiger partial charge < -0.3 is 9.84 Å². The smallest absolute Gasteiger partial charge is 0.280 e. The molecule has 6 heteroatoms. The summed E-state index contributed by atoms with van der Waals surface area (Å²) in [6.07, 6.45) is 1.26. The largest absolute Gasteiger partial charge is 0.431 e. The molecule has 4 nitrogen and oxygen atoms in total. The van der Waals surface area contributed by atoms with E-state index in [4.69, 9.17) is 21.4 Å². The third kappa shape index (κ3) is 3.07. The number of carbonyl (C=O) groups excluding carboxylic acids is 1.